The van der Waals surface area contributed by atoms with E-state index in [4.69, 9.17) is 4.74 Å². The largest absolute Gasteiger partial charge is 0.481 e. The third kappa shape index (κ3) is 2.91. The minimum atomic E-state index is 0.519. The number of pyridine rings is 1. The smallest absolute Gasteiger partial charge is 0.213 e. The lowest BCUT2D eigenvalue weighted by atomic mass is 10.1. The van der Waals surface area contributed by atoms with Crippen molar-refractivity contribution in [3.63, 3.8) is 0 Å². The number of rotatable bonds is 3. The van der Waals surface area contributed by atoms with Gasteiger partial charge in [-0.25, -0.2) is 4.98 Å². The van der Waals surface area contributed by atoms with Crippen molar-refractivity contribution in [1.29, 1.82) is 0 Å². The van der Waals surface area contributed by atoms with Crippen LogP contribution in [0.3, 0.4) is 0 Å². The molecule has 0 bridgehead atoms. The number of methoxy groups -OCH3 is 1. The molecule has 1 saturated heterocycles. The average molecular weight is 207 g/mol. The van der Waals surface area contributed by atoms with Crippen molar-refractivity contribution in [3.05, 3.63) is 23.9 Å². The highest BCUT2D eigenvalue weighted by atomic mass is 16.5. The maximum Gasteiger partial charge on any atom is 0.213 e. The molecule has 1 unspecified atom stereocenters. The van der Waals surface area contributed by atoms with Gasteiger partial charge < -0.3 is 15.4 Å². The Morgan fingerprint density at radius 3 is 3.20 bits per heavy atom. The Labute approximate surface area is 90.0 Å². The van der Waals surface area contributed by atoms with Gasteiger partial charge in [-0.2, -0.15) is 0 Å². The molecular weight excluding hydrogens is 190 g/mol. The molecule has 2 rings (SSSR count). The van der Waals surface area contributed by atoms with Crippen LogP contribution in [0.1, 0.15) is 5.56 Å². The third-order valence-corrected chi connectivity index (χ3v) is 2.62. The Bertz CT molecular complexity index is 310. The van der Waals surface area contributed by atoms with Crippen LogP contribution in [0.25, 0.3) is 0 Å². The van der Waals surface area contributed by atoms with Crippen LogP contribution in [0.2, 0.25) is 0 Å². The van der Waals surface area contributed by atoms with Crippen molar-refractivity contribution in [3.8, 4) is 5.88 Å². The molecule has 1 atom stereocenters. The van der Waals surface area contributed by atoms with E-state index < -0.39 is 0 Å². The fourth-order valence-electron chi connectivity index (χ4n) is 1.83. The summed E-state index contributed by atoms with van der Waals surface area (Å²) in [5, 5.41) is 6.86. The molecular formula is C11H17N3O. The Balaban J connectivity index is 1.96. The molecule has 0 radical (unpaired) electrons. The minimum Gasteiger partial charge on any atom is -0.481 e. The zero-order valence-corrected chi connectivity index (χ0v) is 8.99. The van der Waals surface area contributed by atoms with E-state index in [1.54, 1.807) is 13.3 Å². The second-order valence-corrected chi connectivity index (χ2v) is 3.77. The van der Waals surface area contributed by atoms with Gasteiger partial charge in [0.05, 0.1) is 7.11 Å². The SMILES string of the molecule is COc1cc(CC2CNCCN2)ccn1. The normalized spacial score (nSPS) is 21.3. The standard InChI is InChI=1S/C11H17N3O/c1-15-11-7-9(2-3-14-11)6-10-8-12-4-5-13-10/h2-3,7,10,12-13H,4-6,8H2,1H3. The van der Waals surface area contributed by atoms with Crippen molar-refractivity contribution < 1.29 is 4.74 Å². The third-order valence-electron chi connectivity index (χ3n) is 2.62. The van der Waals surface area contributed by atoms with E-state index in [0.717, 1.165) is 26.1 Å². The van der Waals surface area contributed by atoms with Crippen molar-refractivity contribution in [1.82, 2.24) is 15.6 Å². The Kier molecular flexibility index (Phi) is 3.53. The predicted molar refractivity (Wildman–Crippen MR) is 59.2 cm³/mol. The van der Waals surface area contributed by atoms with E-state index in [-0.39, 0.29) is 0 Å². The van der Waals surface area contributed by atoms with Crippen LogP contribution < -0.4 is 15.4 Å². The van der Waals surface area contributed by atoms with Gasteiger partial charge in [0.15, 0.2) is 0 Å². The molecule has 0 amide bonds. The topological polar surface area (TPSA) is 46.2 Å². The number of piperazine rings is 1. The lowest BCUT2D eigenvalue weighted by molar-refractivity contribution is 0.394. The fourth-order valence-corrected chi connectivity index (χ4v) is 1.83. The minimum absolute atomic E-state index is 0.519. The second-order valence-electron chi connectivity index (χ2n) is 3.77. The quantitative estimate of drug-likeness (QED) is 0.743. The van der Waals surface area contributed by atoms with E-state index in [1.165, 1.54) is 5.56 Å². The first kappa shape index (κ1) is 10.4. The summed E-state index contributed by atoms with van der Waals surface area (Å²) < 4.78 is 5.10. The Morgan fingerprint density at radius 1 is 1.53 bits per heavy atom. The zero-order valence-electron chi connectivity index (χ0n) is 8.99. The molecule has 2 heterocycles. The molecule has 1 aliphatic heterocycles. The summed E-state index contributed by atoms with van der Waals surface area (Å²) in [5.74, 6) is 0.691. The molecule has 2 N–H and O–H groups in total. The van der Waals surface area contributed by atoms with Crippen LogP contribution in [0.5, 0.6) is 5.88 Å². The zero-order chi connectivity index (χ0) is 10.5. The molecule has 4 heteroatoms. The predicted octanol–water partition coefficient (Wildman–Crippen LogP) is 0.194. The monoisotopic (exact) mass is 207 g/mol. The van der Waals surface area contributed by atoms with Crippen LogP contribution in [0.15, 0.2) is 18.3 Å². The molecule has 1 aromatic heterocycles. The molecule has 0 spiro atoms. The number of nitrogens with zero attached hydrogens (tertiary/aromatic N) is 1. The van der Waals surface area contributed by atoms with Crippen LogP contribution in [0.4, 0.5) is 0 Å². The molecule has 1 fully saturated rings. The molecule has 0 aromatic carbocycles. The van der Waals surface area contributed by atoms with E-state index in [9.17, 15) is 0 Å². The molecule has 0 saturated carbocycles. The second kappa shape index (κ2) is 5.09. The number of nitrogens with one attached hydrogen (secondary N) is 2. The number of hydrogen-bond acceptors (Lipinski definition) is 4. The van der Waals surface area contributed by atoms with Gasteiger partial charge in [0.25, 0.3) is 0 Å². The van der Waals surface area contributed by atoms with Crippen LogP contribution in [-0.4, -0.2) is 37.8 Å². The van der Waals surface area contributed by atoms with E-state index in [1.807, 2.05) is 12.1 Å². The number of aromatic nitrogens is 1. The summed E-state index contributed by atoms with van der Waals surface area (Å²) in [6.45, 7) is 3.15. The van der Waals surface area contributed by atoms with E-state index >= 15 is 0 Å². The van der Waals surface area contributed by atoms with Crippen molar-refractivity contribution >= 4 is 0 Å². The highest BCUT2D eigenvalue weighted by molar-refractivity contribution is 5.21. The summed E-state index contributed by atoms with van der Waals surface area (Å²) in [4.78, 5) is 4.09. The fraction of sp³-hybridized carbons (Fsp3) is 0.545. The van der Waals surface area contributed by atoms with Gasteiger partial charge in [-0.1, -0.05) is 0 Å². The van der Waals surface area contributed by atoms with Gasteiger partial charge in [-0.05, 0) is 18.1 Å². The van der Waals surface area contributed by atoms with E-state index in [0.29, 0.717) is 11.9 Å². The lowest BCUT2D eigenvalue weighted by Crippen LogP contribution is -2.49. The van der Waals surface area contributed by atoms with Crippen LogP contribution >= 0.6 is 0 Å². The maximum atomic E-state index is 5.10. The highest BCUT2D eigenvalue weighted by Gasteiger charge is 2.12. The first-order valence-electron chi connectivity index (χ1n) is 5.31. The average Bonchev–Trinajstić information content (AvgIpc) is 2.31. The number of hydrogen-bond donors (Lipinski definition) is 2. The summed E-state index contributed by atoms with van der Waals surface area (Å²) >= 11 is 0. The van der Waals surface area contributed by atoms with Gasteiger partial charge in [0.2, 0.25) is 5.88 Å². The van der Waals surface area contributed by atoms with Crippen molar-refractivity contribution in [2.75, 3.05) is 26.7 Å². The summed E-state index contributed by atoms with van der Waals surface area (Å²) in [6, 6.07) is 4.56. The molecule has 0 aliphatic carbocycles. The summed E-state index contributed by atoms with van der Waals surface area (Å²) in [6.07, 6.45) is 2.82. The molecule has 15 heavy (non-hydrogen) atoms. The van der Waals surface area contributed by atoms with Gasteiger partial charge in [0, 0.05) is 37.9 Å². The van der Waals surface area contributed by atoms with Gasteiger partial charge in [0.1, 0.15) is 0 Å². The molecule has 4 nitrogen and oxygen atoms in total. The lowest BCUT2D eigenvalue weighted by Gasteiger charge is -2.24. The Hall–Kier alpha value is -1.13. The molecule has 1 aromatic rings. The van der Waals surface area contributed by atoms with Gasteiger partial charge >= 0.3 is 0 Å². The van der Waals surface area contributed by atoms with Crippen molar-refractivity contribution in [2.24, 2.45) is 0 Å². The molecule has 82 valence electrons. The Morgan fingerprint density at radius 2 is 2.47 bits per heavy atom. The maximum absolute atomic E-state index is 5.10. The van der Waals surface area contributed by atoms with Crippen LogP contribution in [0, 0.1) is 0 Å². The van der Waals surface area contributed by atoms with Gasteiger partial charge in [-0.15, -0.1) is 0 Å². The first-order chi connectivity index (χ1) is 7.38. The van der Waals surface area contributed by atoms with Gasteiger partial charge in [-0.3, -0.25) is 0 Å². The summed E-state index contributed by atoms with van der Waals surface area (Å²) in [7, 11) is 1.65. The molecule has 1 aliphatic rings. The van der Waals surface area contributed by atoms with E-state index in [2.05, 4.69) is 15.6 Å². The number of ether oxygens (including phenoxy) is 1. The van der Waals surface area contributed by atoms with Crippen molar-refractivity contribution in [2.45, 2.75) is 12.5 Å². The van der Waals surface area contributed by atoms with Crippen LogP contribution in [-0.2, 0) is 6.42 Å². The summed E-state index contributed by atoms with van der Waals surface area (Å²) in [5.41, 5.74) is 1.27. The highest BCUT2D eigenvalue weighted by Crippen LogP contribution is 2.10. The first-order valence-corrected chi connectivity index (χ1v) is 5.31.